The maximum absolute atomic E-state index is 13.2. The van der Waals surface area contributed by atoms with E-state index in [9.17, 15) is 14.4 Å². The van der Waals surface area contributed by atoms with Crippen LogP contribution in [0.3, 0.4) is 0 Å². The van der Waals surface area contributed by atoms with E-state index >= 15 is 0 Å². The number of Topliss-reactive ketones (excluding diaryl/α,β-unsaturated/α-hetero) is 1. The van der Waals surface area contributed by atoms with Gasteiger partial charge in [-0.3, -0.25) is 14.4 Å². The second-order valence-electron chi connectivity index (χ2n) is 10.4. The molecule has 37 heavy (non-hydrogen) atoms. The maximum atomic E-state index is 13.2. The molecule has 5 rings (SSSR count). The van der Waals surface area contributed by atoms with Crippen molar-refractivity contribution in [1.29, 1.82) is 0 Å². The lowest BCUT2D eigenvalue weighted by Gasteiger charge is -2.38. The van der Waals surface area contributed by atoms with Crippen molar-refractivity contribution in [2.75, 3.05) is 29.9 Å². The van der Waals surface area contributed by atoms with E-state index in [2.05, 4.69) is 20.5 Å². The number of amides is 2. The van der Waals surface area contributed by atoms with E-state index in [4.69, 9.17) is 10.5 Å². The molecule has 2 saturated heterocycles. The SMILES string of the molecule is CC(=O)c1ccc(N2CCCC3CC(NC(=O)c4ccc(C(N)=O)c(NCC5CCCO5)c4)CC32)nc1. The van der Waals surface area contributed by atoms with Gasteiger partial charge in [-0.25, -0.2) is 4.98 Å². The van der Waals surface area contributed by atoms with Gasteiger partial charge in [0.05, 0.1) is 11.7 Å². The summed E-state index contributed by atoms with van der Waals surface area (Å²) < 4.78 is 5.66. The summed E-state index contributed by atoms with van der Waals surface area (Å²) in [6.07, 6.45) is 7.70. The van der Waals surface area contributed by atoms with Gasteiger partial charge < -0.3 is 26.0 Å². The molecule has 3 aliphatic rings. The van der Waals surface area contributed by atoms with Crippen molar-refractivity contribution in [2.24, 2.45) is 11.7 Å². The van der Waals surface area contributed by atoms with Gasteiger partial charge in [0, 0.05) is 54.8 Å². The van der Waals surface area contributed by atoms with Crippen LogP contribution in [0, 0.1) is 5.92 Å². The Morgan fingerprint density at radius 3 is 2.65 bits per heavy atom. The molecule has 0 bridgehead atoms. The number of carbonyl (C=O) groups excluding carboxylic acids is 3. The number of nitrogens with two attached hydrogens (primary N) is 1. The number of benzene rings is 1. The summed E-state index contributed by atoms with van der Waals surface area (Å²) in [5, 5.41) is 6.48. The van der Waals surface area contributed by atoms with E-state index in [0.717, 1.165) is 57.5 Å². The van der Waals surface area contributed by atoms with Gasteiger partial charge in [0.1, 0.15) is 5.82 Å². The first kappa shape index (κ1) is 25.2. The van der Waals surface area contributed by atoms with Crippen molar-refractivity contribution in [1.82, 2.24) is 10.3 Å². The van der Waals surface area contributed by atoms with Crippen LogP contribution in [0.1, 0.15) is 76.5 Å². The summed E-state index contributed by atoms with van der Waals surface area (Å²) in [7, 11) is 0. The average Bonchev–Trinajstić information content (AvgIpc) is 3.56. The number of aromatic nitrogens is 1. The number of primary amides is 1. The van der Waals surface area contributed by atoms with Gasteiger partial charge in [0.15, 0.2) is 5.78 Å². The van der Waals surface area contributed by atoms with Crippen molar-refractivity contribution in [3.05, 3.63) is 53.2 Å². The monoisotopic (exact) mass is 505 g/mol. The molecule has 9 heteroatoms. The number of hydrogen-bond acceptors (Lipinski definition) is 7. The van der Waals surface area contributed by atoms with Crippen LogP contribution in [0.15, 0.2) is 36.5 Å². The molecule has 4 atom stereocenters. The molecule has 3 heterocycles. The molecule has 2 aliphatic heterocycles. The highest BCUT2D eigenvalue weighted by atomic mass is 16.5. The quantitative estimate of drug-likeness (QED) is 0.471. The zero-order chi connectivity index (χ0) is 25.9. The minimum absolute atomic E-state index is 0.00769. The van der Waals surface area contributed by atoms with E-state index in [-0.39, 0.29) is 23.8 Å². The molecule has 1 aromatic heterocycles. The summed E-state index contributed by atoms with van der Waals surface area (Å²) in [6, 6.07) is 9.09. The van der Waals surface area contributed by atoms with Crippen molar-refractivity contribution in [3.63, 3.8) is 0 Å². The first-order chi connectivity index (χ1) is 17.9. The fraction of sp³-hybridized carbons (Fsp3) is 0.500. The Morgan fingerprint density at radius 1 is 1.11 bits per heavy atom. The highest BCUT2D eigenvalue weighted by Gasteiger charge is 2.41. The molecular weight excluding hydrogens is 470 g/mol. The summed E-state index contributed by atoms with van der Waals surface area (Å²) in [6.45, 7) is 3.78. The first-order valence-corrected chi connectivity index (χ1v) is 13.2. The Hall–Kier alpha value is -3.46. The normalized spacial score (nSPS) is 24.9. The fourth-order valence-electron chi connectivity index (χ4n) is 6.00. The van der Waals surface area contributed by atoms with Gasteiger partial charge in [-0.1, -0.05) is 0 Å². The lowest BCUT2D eigenvalue weighted by molar-refractivity contribution is 0.0934. The molecule has 2 amide bonds. The van der Waals surface area contributed by atoms with Crippen molar-refractivity contribution < 1.29 is 19.1 Å². The van der Waals surface area contributed by atoms with Crippen LogP contribution >= 0.6 is 0 Å². The van der Waals surface area contributed by atoms with Gasteiger partial charge >= 0.3 is 0 Å². The van der Waals surface area contributed by atoms with Gasteiger partial charge in [0.25, 0.3) is 11.8 Å². The fourth-order valence-corrected chi connectivity index (χ4v) is 6.00. The van der Waals surface area contributed by atoms with Crippen molar-refractivity contribution in [3.8, 4) is 0 Å². The zero-order valence-electron chi connectivity index (χ0n) is 21.2. The van der Waals surface area contributed by atoms with Crippen LogP contribution in [-0.2, 0) is 4.74 Å². The number of hydrogen-bond donors (Lipinski definition) is 3. The molecule has 3 fully saturated rings. The van der Waals surface area contributed by atoms with Crippen LogP contribution < -0.4 is 21.3 Å². The second kappa shape index (κ2) is 10.9. The third kappa shape index (κ3) is 5.61. The maximum Gasteiger partial charge on any atom is 0.251 e. The minimum atomic E-state index is -0.535. The summed E-state index contributed by atoms with van der Waals surface area (Å²) in [5.74, 6) is 0.681. The molecule has 9 nitrogen and oxygen atoms in total. The van der Waals surface area contributed by atoms with Gasteiger partial charge in [-0.05, 0) is 81.7 Å². The molecule has 4 N–H and O–H groups in total. The minimum Gasteiger partial charge on any atom is -0.382 e. The molecule has 4 unspecified atom stereocenters. The number of fused-ring (bicyclic) bond motifs is 1. The van der Waals surface area contributed by atoms with E-state index < -0.39 is 5.91 Å². The van der Waals surface area contributed by atoms with Crippen LogP contribution in [0.25, 0.3) is 0 Å². The third-order valence-electron chi connectivity index (χ3n) is 7.91. The zero-order valence-corrected chi connectivity index (χ0v) is 21.2. The van der Waals surface area contributed by atoms with E-state index in [1.807, 2.05) is 12.1 Å². The smallest absolute Gasteiger partial charge is 0.251 e. The molecule has 2 aromatic rings. The average molecular weight is 506 g/mol. The molecule has 196 valence electrons. The molecule has 1 aromatic carbocycles. The predicted octanol–water partition coefficient (Wildman–Crippen LogP) is 3.15. The summed E-state index contributed by atoms with van der Waals surface area (Å²) in [4.78, 5) is 43.7. The van der Waals surface area contributed by atoms with E-state index in [1.165, 1.54) is 0 Å². The largest absolute Gasteiger partial charge is 0.382 e. The lowest BCUT2D eigenvalue weighted by Crippen LogP contribution is -2.43. The number of ether oxygens (including phenoxy) is 1. The Kier molecular flexibility index (Phi) is 7.41. The van der Waals surface area contributed by atoms with Crippen LogP contribution in [-0.4, -0.2) is 60.5 Å². The summed E-state index contributed by atoms with van der Waals surface area (Å²) in [5.41, 5.74) is 7.59. The standard InChI is InChI=1S/C28H35N5O4/c1-17(34)20-7-9-26(31-15-20)33-10-2-4-18-12-21(14-25(18)33)32-28(36)19-6-8-23(27(29)35)24(13-19)30-16-22-5-3-11-37-22/h6-9,13,15,18,21-22,25,30H,2-5,10-12,14,16H2,1H3,(H2,29,35)(H,32,36). The number of rotatable bonds is 8. The molecule has 1 aliphatic carbocycles. The molecule has 0 radical (unpaired) electrons. The van der Waals surface area contributed by atoms with Gasteiger partial charge in [0.2, 0.25) is 0 Å². The number of carbonyl (C=O) groups is 3. The van der Waals surface area contributed by atoms with Crippen molar-refractivity contribution in [2.45, 2.75) is 63.6 Å². The van der Waals surface area contributed by atoms with Gasteiger partial charge in [-0.2, -0.15) is 0 Å². The predicted molar refractivity (Wildman–Crippen MR) is 141 cm³/mol. The number of nitrogens with one attached hydrogen (secondary N) is 2. The Bertz CT molecular complexity index is 1160. The number of anilines is 2. The topological polar surface area (TPSA) is 127 Å². The van der Waals surface area contributed by atoms with E-state index in [1.54, 1.807) is 31.3 Å². The Balaban J connectivity index is 1.25. The Labute approximate surface area is 217 Å². The molecular formula is C28H35N5O4. The van der Waals surface area contributed by atoms with Gasteiger partial charge in [-0.15, -0.1) is 0 Å². The third-order valence-corrected chi connectivity index (χ3v) is 7.91. The highest BCUT2D eigenvalue weighted by Crippen LogP contribution is 2.39. The molecule has 1 saturated carbocycles. The van der Waals surface area contributed by atoms with Crippen LogP contribution in [0.2, 0.25) is 0 Å². The molecule has 0 spiro atoms. The lowest BCUT2D eigenvalue weighted by atomic mass is 9.92. The number of pyridine rings is 1. The van der Waals surface area contributed by atoms with Crippen molar-refractivity contribution >= 4 is 29.1 Å². The number of ketones is 1. The summed E-state index contributed by atoms with van der Waals surface area (Å²) >= 11 is 0. The number of piperidine rings is 1. The van der Waals surface area contributed by atoms with E-state index in [0.29, 0.717) is 40.9 Å². The Morgan fingerprint density at radius 2 is 1.95 bits per heavy atom. The van der Waals surface area contributed by atoms with Crippen LogP contribution in [0.5, 0.6) is 0 Å². The number of nitrogens with zero attached hydrogens (tertiary/aromatic N) is 2. The highest BCUT2D eigenvalue weighted by molar-refractivity contribution is 6.02. The van der Waals surface area contributed by atoms with Crippen LogP contribution in [0.4, 0.5) is 11.5 Å². The first-order valence-electron chi connectivity index (χ1n) is 13.2. The second-order valence-corrected chi connectivity index (χ2v) is 10.4.